The highest BCUT2D eigenvalue weighted by molar-refractivity contribution is 6.35. The predicted octanol–water partition coefficient (Wildman–Crippen LogP) is 5.62. The number of carbonyl (C=O) groups excluding carboxylic acids is 1. The number of hydrogen-bond acceptors (Lipinski definition) is 7. The van der Waals surface area contributed by atoms with E-state index in [0.29, 0.717) is 35.4 Å². The number of imidazole rings is 1. The number of amides is 2. The Labute approximate surface area is 266 Å². The normalized spacial score (nSPS) is 20.0. The van der Waals surface area contributed by atoms with E-state index in [4.69, 9.17) is 37.4 Å². The average molecular weight is 638 g/mol. The van der Waals surface area contributed by atoms with Gasteiger partial charge >= 0.3 is 6.03 Å². The van der Waals surface area contributed by atoms with Gasteiger partial charge in [-0.05, 0) is 60.7 Å². The zero-order valence-electron chi connectivity index (χ0n) is 24.3. The van der Waals surface area contributed by atoms with Crippen molar-refractivity contribution in [2.75, 3.05) is 61.6 Å². The van der Waals surface area contributed by atoms with E-state index in [1.807, 2.05) is 53.2 Å². The van der Waals surface area contributed by atoms with Crippen LogP contribution in [-0.2, 0) is 21.8 Å². The Kier molecular flexibility index (Phi) is 9.13. The highest BCUT2D eigenvalue weighted by Gasteiger charge is 2.45. The summed E-state index contributed by atoms with van der Waals surface area (Å²) in [6.07, 6.45) is 4.99. The van der Waals surface area contributed by atoms with Crippen molar-refractivity contribution < 1.29 is 19.0 Å². The van der Waals surface area contributed by atoms with Crippen LogP contribution in [-0.4, -0.2) is 68.1 Å². The molecule has 0 saturated carbocycles. The Hall–Kier alpha value is -3.96. The zero-order valence-corrected chi connectivity index (χ0v) is 25.8. The number of benzene rings is 3. The second kappa shape index (κ2) is 13.4. The van der Waals surface area contributed by atoms with E-state index in [-0.39, 0.29) is 12.1 Å². The van der Waals surface area contributed by atoms with Crippen LogP contribution in [0.5, 0.6) is 5.75 Å². The lowest BCUT2D eigenvalue weighted by atomic mass is 10.1. The van der Waals surface area contributed by atoms with Gasteiger partial charge < -0.3 is 39.2 Å². The van der Waals surface area contributed by atoms with Crippen LogP contribution in [0.2, 0.25) is 10.0 Å². The molecule has 44 heavy (non-hydrogen) atoms. The molecule has 1 aromatic heterocycles. The highest BCUT2D eigenvalue weighted by atomic mass is 35.5. The van der Waals surface area contributed by atoms with Crippen LogP contribution in [0.25, 0.3) is 0 Å². The lowest BCUT2D eigenvalue weighted by molar-refractivity contribution is -0.189. The molecule has 0 unspecified atom stereocenters. The standard InChI is InChI=1S/C32H34Cl2N6O4/c1-35-31(41)37-24-3-5-25(6-4-24)39-14-16-40(17-15-39)26-7-9-27(10-8-26)42-19-28-20-43-32(44-28,21-38-13-12-36-22-38)29-11-2-23(33)18-30(29)34/h2-13,18,22,28H,14-17,19-21H2,1H3,(H2,35,37,41)/t28-,32-/m1/s1. The fourth-order valence-corrected chi connectivity index (χ4v) is 6.04. The summed E-state index contributed by atoms with van der Waals surface area (Å²) in [4.78, 5) is 20.4. The first-order valence-electron chi connectivity index (χ1n) is 14.5. The third-order valence-electron chi connectivity index (χ3n) is 7.79. The van der Waals surface area contributed by atoms with Crippen molar-refractivity contribution in [1.82, 2.24) is 14.9 Å². The summed E-state index contributed by atoms with van der Waals surface area (Å²) >= 11 is 12.7. The fraction of sp³-hybridized carbons (Fsp3) is 0.312. The molecule has 2 aliphatic heterocycles. The van der Waals surface area contributed by atoms with Gasteiger partial charge in [0.25, 0.3) is 0 Å². The lowest BCUT2D eigenvalue weighted by Crippen LogP contribution is -2.46. The van der Waals surface area contributed by atoms with Gasteiger partial charge in [-0.3, -0.25) is 0 Å². The first kappa shape index (κ1) is 30.1. The second-order valence-electron chi connectivity index (χ2n) is 10.7. The molecular formula is C32H34Cl2N6O4. The lowest BCUT2D eigenvalue weighted by Gasteiger charge is -2.37. The van der Waals surface area contributed by atoms with Crippen LogP contribution < -0.4 is 25.2 Å². The van der Waals surface area contributed by atoms with Crippen molar-refractivity contribution in [2.24, 2.45) is 0 Å². The van der Waals surface area contributed by atoms with Crippen LogP contribution in [0, 0.1) is 0 Å². The van der Waals surface area contributed by atoms with Crippen molar-refractivity contribution in [3.63, 3.8) is 0 Å². The van der Waals surface area contributed by atoms with Gasteiger partial charge in [0, 0.05) is 73.3 Å². The molecule has 0 spiro atoms. The van der Waals surface area contributed by atoms with Gasteiger partial charge in [-0.1, -0.05) is 29.3 Å². The number of aromatic nitrogens is 2. The molecule has 6 rings (SSSR count). The number of urea groups is 1. The van der Waals surface area contributed by atoms with E-state index < -0.39 is 5.79 Å². The summed E-state index contributed by atoms with van der Waals surface area (Å²) < 4.78 is 20.8. The average Bonchev–Trinajstić information content (AvgIpc) is 3.71. The Bertz CT molecular complexity index is 1550. The van der Waals surface area contributed by atoms with Crippen molar-refractivity contribution in [1.29, 1.82) is 0 Å². The molecule has 0 aliphatic carbocycles. The maximum atomic E-state index is 11.5. The van der Waals surface area contributed by atoms with Crippen LogP contribution in [0.15, 0.2) is 85.5 Å². The number of hydrogen-bond donors (Lipinski definition) is 2. The summed E-state index contributed by atoms with van der Waals surface area (Å²) in [5, 5.41) is 6.37. The third kappa shape index (κ3) is 6.89. The minimum Gasteiger partial charge on any atom is -0.491 e. The SMILES string of the molecule is CNC(=O)Nc1ccc(N2CCN(c3ccc(OC[C@@H]4CO[C@@](Cn5ccnc5)(c5ccc(Cl)cc5Cl)O4)cc3)CC2)cc1. The number of anilines is 3. The van der Waals surface area contributed by atoms with E-state index in [9.17, 15) is 4.79 Å². The molecule has 3 heterocycles. The monoisotopic (exact) mass is 636 g/mol. The minimum atomic E-state index is -1.09. The van der Waals surface area contributed by atoms with E-state index >= 15 is 0 Å². The van der Waals surface area contributed by atoms with Crippen LogP contribution in [0.4, 0.5) is 21.9 Å². The van der Waals surface area contributed by atoms with E-state index in [1.165, 1.54) is 0 Å². The highest BCUT2D eigenvalue weighted by Crippen LogP contribution is 2.40. The van der Waals surface area contributed by atoms with Gasteiger partial charge in [-0.15, -0.1) is 0 Å². The quantitative estimate of drug-likeness (QED) is 0.246. The molecule has 2 aliphatic rings. The summed E-state index contributed by atoms with van der Waals surface area (Å²) in [7, 11) is 1.60. The molecule has 230 valence electrons. The smallest absolute Gasteiger partial charge is 0.318 e. The van der Waals surface area contributed by atoms with Gasteiger partial charge in [0.05, 0.1) is 24.5 Å². The third-order valence-corrected chi connectivity index (χ3v) is 8.33. The molecule has 0 radical (unpaired) electrons. The van der Waals surface area contributed by atoms with Gasteiger partial charge in [0.1, 0.15) is 18.5 Å². The second-order valence-corrected chi connectivity index (χ2v) is 11.5. The van der Waals surface area contributed by atoms with Crippen LogP contribution in [0.1, 0.15) is 5.56 Å². The number of carbonyl (C=O) groups is 1. The first-order chi connectivity index (χ1) is 21.4. The molecular weight excluding hydrogens is 603 g/mol. The molecule has 4 aromatic rings. The molecule has 3 aromatic carbocycles. The van der Waals surface area contributed by atoms with Gasteiger partial charge in [0.15, 0.2) is 0 Å². The molecule has 2 fully saturated rings. The number of rotatable bonds is 9. The number of piperazine rings is 1. The fourth-order valence-electron chi connectivity index (χ4n) is 5.49. The topological polar surface area (TPSA) is 93.1 Å². The van der Waals surface area contributed by atoms with Crippen molar-refractivity contribution in [3.8, 4) is 5.75 Å². The van der Waals surface area contributed by atoms with Crippen LogP contribution >= 0.6 is 23.2 Å². The predicted molar refractivity (Wildman–Crippen MR) is 172 cm³/mol. The molecule has 2 amide bonds. The molecule has 0 bridgehead atoms. The molecule has 2 atom stereocenters. The summed E-state index contributed by atoms with van der Waals surface area (Å²) in [6, 6.07) is 21.2. The van der Waals surface area contributed by atoms with E-state index in [1.54, 1.807) is 31.7 Å². The number of nitrogens with one attached hydrogen (secondary N) is 2. The summed E-state index contributed by atoms with van der Waals surface area (Å²) in [5.41, 5.74) is 3.76. The maximum Gasteiger partial charge on any atom is 0.318 e. The molecule has 12 heteroatoms. The van der Waals surface area contributed by atoms with Crippen molar-refractivity contribution in [2.45, 2.75) is 18.4 Å². The minimum absolute atomic E-state index is 0.230. The number of nitrogens with zero attached hydrogens (tertiary/aromatic N) is 4. The molecule has 2 N–H and O–H groups in total. The van der Waals surface area contributed by atoms with Crippen molar-refractivity contribution in [3.05, 3.63) is 101 Å². The number of ether oxygens (including phenoxy) is 3. The first-order valence-corrected chi connectivity index (χ1v) is 15.2. The van der Waals surface area contributed by atoms with Crippen molar-refractivity contribution >= 4 is 46.3 Å². The number of halogens is 2. The van der Waals surface area contributed by atoms with E-state index in [2.05, 4.69) is 37.6 Å². The van der Waals surface area contributed by atoms with E-state index in [0.717, 1.165) is 49.0 Å². The van der Waals surface area contributed by atoms with Crippen LogP contribution in [0.3, 0.4) is 0 Å². The molecule has 2 saturated heterocycles. The summed E-state index contributed by atoms with van der Waals surface area (Å²) in [6.45, 7) is 4.66. The Morgan fingerprint density at radius 1 is 1.00 bits per heavy atom. The van der Waals surface area contributed by atoms with Gasteiger partial charge in [0.2, 0.25) is 5.79 Å². The largest absolute Gasteiger partial charge is 0.491 e. The van der Waals surface area contributed by atoms with Gasteiger partial charge in [-0.25, -0.2) is 9.78 Å². The Balaban J connectivity index is 1.02. The Morgan fingerprint density at radius 2 is 1.68 bits per heavy atom. The zero-order chi connectivity index (χ0) is 30.5. The molecule has 10 nitrogen and oxygen atoms in total. The summed E-state index contributed by atoms with van der Waals surface area (Å²) in [5.74, 6) is -0.328. The Morgan fingerprint density at radius 3 is 2.30 bits per heavy atom. The van der Waals surface area contributed by atoms with Gasteiger partial charge in [-0.2, -0.15) is 0 Å². The maximum absolute atomic E-state index is 11.5.